The van der Waals surface area contributed by atoms with Gasteiger partial charge in [0.25, 0.3) is 0 Å². The van der Waals surface area contributed by atoms with Gasteiger partial charge in [0.15, 0.2) is 0 Å². The van der Waals surface area contributed by atoms with Crippen LogP contribution in [0.3, 0.4) is 0 Å². The first-order chi connectivity index (χ1) is 10.3. The van der Waals surface area contributed by atoms with Crippen molar-refractivity contribution in [3.05, 3.63) is 78.4 Å². The summed E-state index contributed by atoms with van der Waals surface area (Å²) in [5, 5.41) is 9.31. The van der Waals surface area contributed by atoms with Gasteiger partial charge in [-0.3, -0.25) is 4.79 Å². The molecule has 1 N–H and O–H groups in total. The number of phenolic OH excluding ortho intramolecular Hbond substituents is 1. The van der Waals surface area contributed by atoms with Crippen LogP contribution in [0, 0.1) is 0 Å². The van der Waals surface area contributed by atoms with Gasteiger partial charge in [-0.1, -0.05) is 60.7 Å². The lowest BCUT2D eigenvalue weighted by atomic mass is 10.00. The molecule has 0 aliphatic carbocycles. The van der Waals surface area contributed by atoms with E-state index in [2.05, 4.69) is 24.3 Å². The van der Waals surface area contributed by atoms with Gasteiger partial charge in [0.2, 0.25) is 0 Å². The predicted molar refractivity (Wildman–Crippen MR) is 84.4 cm³/mol. The molecule has 0 saturated heterocycles. The highest BCUT2D eigenvalue weighted by Crippen LogP contribution is 2.26. The molecule has 0 aliphatic rings. The number of carbonyl (C=O) groups is 1. The van der Waals surface area contributed by atoms with Gasteiger partial charge in [-0.2, -0.15) is 0 Å². The maximum absolute atomic E-state index is 10.7. The van der Waals surface area contributed by atoms with Crippen LogP contribution in [0.2, 0.25) is 0 Å². The number of phenols is 1. The van der Waals surface area contributed by atoms with Crippen LogP contribution in [0.5, 0.6) is 5.75 Å². The van der Waals surface area contributed by atoms with Crippen molar-refractivity contribution >= 4 is 6.29 Å². The SMILES string of the molecule is O=Cc1ccc(-c2ccc(-c3ccc(O)cc3)cc2)cc1. The van der Waals surface area contributed by atoms with Crippen LogP contribution < -0.4 is 0 Å². The van der Waals surface area contributed by atoms with Crippen LogP contribution in [-0.2, 0) is 0 Å². The molecule has 2 heteroatoms. The normalized spacial score (nSPS) is 10.3. The van der Waals surface area contributed by atoms with Crippen LogP contribution in [0.15, 0.2) is 72.8 Å². The van der Waals surface area contributed by atoms with Crippen LogP contribution in [0.1, 0.15) is 10.4 Å². The van der Waals surface area contributed by atoms with Gasteiger partial charge in [-0.25, -0.2) is 0 Å². The smallest absolute Gasteiger partial charge is 0.150 e. The summed E-state index contributed by atoms with van der Waals surface area (Å²) in [4.78, 5) is 10.7. The summed E-state index contributed by atoms with van der Waals surface area (Å²) in [6, 6.07) is 22.9. The molecule has 0 fully saturated rings. The Bertz CT molecular complexity index is 739. The first-order valence-electron chi connectivity index (χ1n) is 6.71. The van der Waals surface area contributed by atoms with E-state index in [4.69, 9.17) is 0 Å². The summed E-state index contributed by atoms with van der Waals surface area (Å²) < 4.78 is 0. The molecule has 0 aromatic heterocycles. The fraction of sp³-hybridized carbons (Fsp3) is 0. The van der Waals surface area contributed by atoms with Gasteiger partial charge in [0, 0.05) is 5.56 Å². The van der Waals surface area contributed by atoms with E-state index in [-0.39, 0.29) is 5.75 Å². The van der Waals surface area contributed by atoms with E-state index < -0.39 is 0 Å². The standard InChI is InChI=1S/C19H14O2/c20-13-14-1-3-15(4-2-14)16-5-7-17(8-6-16)18-9-11-19(21)12-10-18/h1-13,21H. The maximum Gasteiger partial charge on any atom is 0.150 e. The lowest BCUT2D eigenvalue weighted by molar-refractivity contribution is 0.112. The highest BCUT2D eigenvalue weighted by atomic mass is 16.3. The maximum atomic E-state index is 10.7. The van der Waals surface area contributed by atoms with Gasteiger partial charge < -0.3 is 5.11 Å². The van der Waals surface area contributed by atoms with Crippen molar-refractivity contribution in [2.24, 2.45) is 0 Å². The molecule has 0 atom stereocenters. The molecule has 21 heavy (non-hydrogen) atoms. The van der Waals surface area contributed by atoms with E-state index in [1.165, 1.54) is 0 Å². The summed E-state index contributed by atoms with van der Waals surface area (Å²) in [5.41, 5.74) is 5.03. The second-order valence-electron chi connectivity index (χ2n) is 4.86. The van der Waals surface area contributed by atoms with Gasteiger partial charge in [-0.15, -0.1) is 0 Å². The van der Waals surface area contributed by atoms with E-state index in [0.717, 1.165) is 28.5 Å². The van der Waals surface area contributed by atoms with E-state index >= 15 is 0 Å². The molecule has 0 unspecified atom stereocenters. The molecule has 102 valence electrons. The van der Waals surface area contributed by atoms with Crippen molar-refractivity contribution < 1.29 is 9.90 Å². The zero-order chi connectivity index (χ0) is 14.7. The van der Waals surface area contributed by atoms with Crippen LogP contribution in [-0.4, -0.2) is 11.4 Å². The molecular weight excluding hydrogens is 260 g/mol. The second-order valence-corrected chi connectivity index (χ2v) is 4.86. The van der Waals surface area contributed by atoms with Gasteiger partial charge in [0.1, 0.15) is 12.0 Å². The topological polar surface area (TPSA) is 37.3 Å². The molecular formula is C19H14O2. The van der Waals surface area contributed by atoms with E-state index in [0.29, 0.717) is 5.56 Å². The average Bonchev–Trinajstić information content (AvgIpc) is 2.56. The molecule has 3 rings (SSSR count). The number of aromatic hydroxyl groups is 1. The lowest BCUT2D eigenvalue weighted by Gasteiger charge is -2.05. The third-order valence-corrected chi connectivity index (χ3v) is 3.47. The Balaban J connectivity index is 1.89. The first kappa shape index (κ1) is 13.1. The van der Waals surface area contributed by atoms with Crippen molar-refractivity contribution in [1.29, 1.82) is 0 Å². The van der Waals surface area contributed by atoms with Gasteiger partial charge in [0.05, 0.1) is 0 Å². The minimum Gasteiger partial charge on any atom is -0.508 e. The minimum absolute atomic E-state index is 0.269. The Kier molecular flexibility index (Phi) is 3.52. The predicted octanol–water partition coefficient (Wildman–Crippen LogP) is 4.54. The highest BCUT2D eigenvalue weighted by Gasteiger charge is 2.01. The Labute approximate surface area is 123 Å². The van der Waals surface area contributed by atoms with Crippen molar-refractivity contribution in [3.63, 3.8) is 0 Å². The zero-order valence-electron chi connectivity index (χ0n) is 11.4. The fourth-order valence-corrected chi connectivity index (χ4v) is 2.26. The number of rotatable bonds is 3. The van der Waals surface area contributed by atoms with E-state index in [1.54, 1.807) is 12.1 Å². The number of aldehydes is 1. The fourth-order valence-electron chi connectivity index (χ4n) is 2.26. The first-order valence-corrected chi connectivity index (χ1v) is 6.71. The van der Waals surface area contributed by atoms with Crippen LogP contribution >= 0.6 is 0 Å². The molecule has 0 heterocycles. The van der Waals surface area contributed by atoms with Crippen molar-refractivity contribution in [1.82, 2.24) is 0 Å². The zero-order valence-corrected chi connectivity index (χ0v) is 11.4. The molecule has 0 bridgehead atoms. The third kappa shape index (κ3) is 2.84. The van der Waals surface area contributed by atoms with E-state index in [1.807, 2.05) is 36.4 Å². The van der Waals surface area contributed by atoms with Gasteiger partial charge in [-0.05, 0) is 34.4 Å². The number of benzene rings is 3. The molecule has 0 aliphatic heterocycles. The molecule has 0 radical (unpaired) electrons. The quantitative estimate of drug-likeness (QED) is 0.712. The largest absolute Gasteiger partial charge is 0.508 e. The van der Waals surface area contributed by atoms with E-state index in [9.17, 15) is 9.90 Å². The Morgan fingerprint density at radius 1 is 0.571 bits per heavy atom. The van der Waals surface area contributed by atoms with Gasteiger partial charge >= 0.3 is 0 Å². The summed E-state index contributed by atoms with van der Waals surface area (Å²) in [6.45, 7) is 0. The van der Waals surface area contributed by atoms with Crippen molar-refractivity contribution in [2.75, 3.05) is 0 Å². The second kappa shape index (κ2) is 5.63. The molecule has 3 aromatic carbocycles. The Morgan fingerprint density at radius 2 is 0.905 bits per heavy atom. The summed E-state index contributed by atoms with van der Waals surface area (Å²) in [7, 11) is 0. The molecule has 0 saturated carbocycles. The van der Waals surface area contributed by atoms with Crippen LogP contribution in [0.25, 0.3) is 22.3 Å². The lowest BCUT2D eigenvalue weighted by Crippen LogP contribution is -1.82. The third-order valence-electron chi connectivity index (χ3n) is 3.47. The van der Waals surface area contributed by atoms with Crippen molar-refractivity contribution in [2.45, 2.75) is 0 Å². The summed E-state index contributed by atoms with van der Waals surface area (Å²) in [5.74, 6) is 0.269. The molecule has 0 spiro atoms. The number of carbonyl (C=O) groups excluding carboxylic acids is 1. The Morgan fingerprint density at radius 3 is 1.29 bits per heavy atom. The highest BCUT2D eigenvalue weighted by molar-refractivity contribution is 5.77. The number of hydrogen-bond acceptors (Lipinski definition) is 2. The molecule has 0 amide bonds. The molecule has 2 nitrogen and oxygen atoms in total. The average molecular weight is 274 g/mol. The summed E-state index contributed by atoms with van der Waals surface area (Å²) in [6.07, 6.45) is 0.845. The minimum atomic E-state index is 0.269. The van der Waals surface area contributed by atoms with Crippen LogP contribution in [0.4, 0.5) is 0 Å². The summed E-state index contributed by atoms with van der Waals surface area (Å²) >= 11 is 0. The number of hydrogen-bond donors (Lipinski definition) is 1. The van der Waals surface area contributed by atoms with Crippen molar-refractivity contribution in [3.8, 4) is 28.0 Å². The monoisotopic (exact) mass is 274 g/mol. The Hall–Kier alpha value is -2.87. The molecule has 3 aromatic rings.